The predicted octanol–water partition coefficient (Wildman–Crippen LogP) is 1.75. The molecule has 1 aromatic carbocycles. The summed E-state index contributed by atoms with van der Waals surface area (Å²) in [5, 5.41) is 2.82. The van der Waals surface area contributed by atoms with Crippen LogP contribution in [-0.2, 0) is 11.3 Å². The Balaban J connectivity index is 2.50. The van der Waals surface area contributed by atoms with Crippen molar-refractivity contribution in [2.24, 2.45) is 5.73 Å². The van der Waals surface area contributed by atoms with Crippen molar-refractivity contribution >= 4 is 5.91 Å². The number of unbranched alkanes of at least 4 members (excludes halogenated alkanes) is 1. The van der Waals surface area contributed by atoms with Crippen molar-refractivity contribution in [3.05, 3.63) is 29.3 Å². The maximum absolute atomic E-state index is 11.5. The molecule has 100 valence electrons. The number of nitrogens with one attached hydrogen (secondary N) is 1. The molecule has 0 radical (unpaired) electrons. The quantitative estimate of drug-likeness (QED) is 0.725. The van der Waals surface area contributed by atoms with Crippen molar-refractivity contribution in [3.8, 4) is 5.75 Å². The van der Waals surface area contributed by atoms with Gasteiger partial charge in [0.05, 0.1) is 0 Å². The first-order chi connectivity index (χ1) is 8.69. The molecule has 0 atom stereocenters. The van der Waals surface area contributed by atoms with E-state index in [9.17, 15) is 4.79 Å². The minimum absolute atomic E-state index is 0.0432. The van der Waals surface area contributed by atoms with Crippen molar-refractivity contribution in [2.45, 2.75) is 33.2 Å². The molecule has 3 N–H and O–H groups in total. The van der Waals surface area contributed by atoms with Crippen molar-refractivity contribution in [1.82, 2.24) is 5.32 Å². The highest BCUT2D eigenvalue weighted by Crippen LogP contribution is 2.22. The van der Waals surface area contributed by atoms with E-state index < -0.39 is 0 Å². The molecule has 0 spiro atoms. The van der Waals surface area contributed by atoms with E-state index in [2.05, 4.69) is 12.2 Å². The van der Waals surface area contributed by atoms with Crippen molar-refractivity contribution in [3.63, 3.8) is 0 Å². The van der Waals surface area contributed by atoms with Crippen molar-refractivity contribution in [2.75, 3.05) is 13.2 Å². The maximum Gasteiger partial charge on any atom is 0.257 e. The SMILES string of the molecule is CCCCNC(=O)COc1c(C)cccc1CN. The van der Waals surface area contributed by atoms with Gasteiger partial charge in [0.25, 0.3) is 5.91 Å². The lowest BCUT2D eigenvalue weighted by atomic mass is 10.1. The molecule has 0 aliphatic rings. The molecule has 0 aromatic heterocycles. The molecule has 0 bridgehead atoms. The lowest BCUT2D eigenvalue weighted by Gasteiger charge is -2.13. The summed E-state index contributed by atoms with van der Waals surface area (Å²) in [7, 11) is 0. The molecule has 18 heavy (non-hydrogen) atoms. The Morgan fingerprint density at radius 2 is 2.22 bits per heavy atom. The molecule has 0 unspecified atom stereocenters. The summed E-state index contributed by atoms with van der Waals surface area (Å²) in [6, 6.07) is 5.80. The average Bonchev–Trinajstić information content (AvgIpc) is 2.37. The zero-order valence-electron chi connectivity index (χ0n) is 11.2. The van der Waals surface area contributed by atoms with E-state index >= 15 is 0 Å². The topological polar surface area (TPSA) is 64.3 Å². The zero-order valence-corrected chi connectivity index (χ0v) is 11.2. The van der Waals surface area contributed by atoms with Gasteiger partial charge in [0.1, 0.15) is 5.75 Å². The van der Waals surface area contributed by atoms with Crippen molar-refractivity contribution < 1.29 is 9.53 Å². The van der Waals surface area contributed by atoms with Crippen LogP contribution in [0.4, 0.5) is 0 Å². The molecule has 0 fully saturated rings. The smallest absolute Gasteiger partial charge is 0.257 e. The molecule has 4 nitrogen and oxygen atoms in total. The van der Waals surface area contributed by atoms with Gasteiger partial charge >= 0.3 is 0 Å². The number of carbonyl (C=O) groups is 1. The van der Waals surface area contributed by atoms with Crippen LogP contribution < -0.4 is 15.8 Å². The van der Waals surface area contributed by atoms with Crippen LogP contribution in [0.2, 0.25) is 0 Å². The van der Waals surface area contributed by atoms with Crippen LogP contribution >= 0.6 is 0 Å². The first-order valence-corrected chi connectivity index (χ1v) is 6.37. The fourth-order valence-corrected chi connectivity index (χ4v) is 1.67. The van der Waals surface area contributed by atoms with Gasteiger partial charge in [0.2, 0.25) is 0 Å². The van der Waals surface area contributed by atoms with Crippen LogP contribution in [0.1, 0.15) is 30.9 Å². The number of aryl methyl sites for hydroxylation is 1. The minimum atomic E-state index is -0.0883. The Kier molecular flexibility index (Phi) is 6.22. The van der Waals surface area contributed by atoms with E-state index in [0.717, 1.165) is 29.7 Å². The molecular formula is C14H22N2O2. The monoisotopic (exact) mass is 250 g/mol. The Morgan fingerprint density at radius 1 is 1.44 bits per heavy atom. The second-order valence-electron chi connectivity index (χ2n) is 4.26. The number of hydrogen-bond acceptors (Lipinski definition) is 3. The molecule has 4 heteroatoms. The van der Waals surface area contributed by atoms with Gasteiger partial charge in [-0.3, -0.25) is 4.79 Å². The average molecular weight is 250 g/mol. The number of ether oxygens (including phenoxy) is 1. The van der Waals surface area contributed by atoms with Gasteiger partial charge < -0.3 is 15.8 Å². The third-order valence-corrected chi connectivity index (χ3v) is 2.71. The van der Waals surface area contributed by atoms with E-state index in [0.29, 0.717) is 13.1 Å². The van der Waals surface area contributed by atoms with E-state index in [-0.39, 0.29) is 12.5 Å². The Bertz CT molecular complexity index is 391. The van der Waals surface area contributed by atoms with Gasteiger partial charge in [-0.15, -0.1) is 0 Å². The third kappa shape index (κ3) is 4.37. The Labute approximate surface area is 109 Å². The van der Waals surface area contributed by atoms with E-state index in [1.165, 1.54) is 0 Å². The summed E-state index contributed by atoms with van der Waals surface area (Å²) >= 11 is 0. The van der Waals surface area contributed by atoms with Crippen LogP contribution in [0.15, 0.2) is 18.2 Å². The van der Waals surface area contributed by atoms with Crippen LogP contribution in [0.5, 0.6) is 5.75 Å². The number of carbonyl (C=O) groups excluding carboxylic acids is 1. The largest absolute Gasteiger partial charge is 0.483 e. The molecular weight excluding hydrogens is 228 g/mol. The number of nitrogens with two attached hydrogens (primary N) is 1. The summed E-state index contributed by atoms with van der Waals surface area (Å²) in [4.78, 5) is 11.5. The third-order valence-electron chi connectivity index (χ3n) is 2.71. The number of para-hydroxylation sites is 1. The summed E-state index contributed by atoms with van der Waals surface area (Å²) in [6.07, 6.45) is 2.06. The van der Waals surface area contributed by atoms with Crippen LogP contribution in [-0.4, -0.2) is 19.1 Å². The lowest BCUT2D eigenvalue weighted by molar-refractivity contribution is -0.123. The highest BCUT2D eigenvalue weighted by atomic mass is 16.5. The second kappa shape index (κ2) is 7.71. The Morgan fingerprint density at radius 3 is 2.89 bits per heavy atom. The van der Waals surface area contributed by atoms with Gasteiger partial charge in [-0.25, -0.2) is 0 Å². The van der Waals surface area contributed by atoms with Gasteiger partial charge in [0.15, 0.2) is 6.61 Å². The van der Waals surface area contributed by atoms with E-state index in [4.69, 9.17) is 10.5 Å². The second-order valence-corrected chi connectivity index (χ2v) is 4.26. The highest BCUT2D eigenvalue weighted by molar-refractivity contribution is 5.77. The predicted molar refractivity (Wildman–Crippen MR) is 72.5 cm³/mol. The van der Waals surface area contributed by atoms with Crippen LogP contribution in [0.3, 0.4) is 0 Å². The molecule has 0 saturated carbocycles. The summed E-state index contributed by atoms with van der Waals surface area (Å²) < 4.78 is 5.56. The van der Waals surface area contributed by atoms with Gasteiger partial charge in [-0.2, -0.15) is 0 Å². The van der Waals surface area contributed by atoms with Crippen LogP contribution in [0.25, 0.3) is 0 Å². The van der Waals surface area contributed by atoms with Gasteiger partial charge in [0, 0.05) is 18.7 Å². The summed E-state index contributed by atoms with van der Waals surface area (Å²) in [6.45, 7) is 5.19. The fourth-order valence-electron chi connectivity index (χ4n) is 1.67. The maximum atomic E-state index is 11.5. The molecule has 1 rings (SSSR count). The van der Waals surface area contributed by atoms with E-state index in [1.54, 1.807) is 0 Å². The molecule has 0 saturated heterocycles. The normalized spacial score (nSPS) is 10.2. The van der Waals surface area contributed by atoms with E-state index in [1.807, 2.05) is 25.1 Å². The first kappa shape index (κ1) is 14.5. The zero-order chi connectivity index (χ0) is 13.4. The molecule has 0 aliphatic heterocycles. The summed E-state index contributed by atoms with van der Waals surface area (Å²) in [5.74, 6) is 0.639. The Hall–Kier alpha value is -1.55. The first-order valence-electron chi connectivity index (χ1n) is 6.37. The van der Waals surface area contributed by atoms with Crippen LogP contribution in [0, 0.1) is 6.92 Å². The molecule has 0 aliphatic carbocycles. The fraction of sp³-hybridized carbons (Fsp3) is 0.500. The standard InChI is InChI=1S/C14H22N2O2/c1-3-4-8-16-13(17)10-18-14-11(2)6-5-7-12(14)9-15/h5-7H,3-4,8-10,15H2,1-2H3,(H,16,17). The lowest BCUT2D eigenvalue weighted by Crippen LogP contribution is -2.29. The molecule has 1 amide bonds. The number of amides is 1. The summed E-state index contributed by atoms with van der Waals surface area (Å²) in [5.41, 5.74) is 7.57. The highest BCUT2D eigenvalue weighted by Gasteiger charge is 2.08. The van der Waals surface area contributed by atoms with Gasteiger partial charge in [-0.1, -0.05) is 31.5 Å². The molecule has 1 aromatic rings. The number of hydrogen-bond donors (Lipinski definition) is 2. The minimum Gasteiger partial charge on any atom is -0.483 e. The number of benzene rings is 1. The van der Waals surface area contributed by atoms with Crippen molar-refractivity contribution in [1.29, 1.82) is 0 Å². The number of rotatable bonds is 7. The molecule has 0 heterocycles. The van der Waals surface area contributed by atoms with Gasteiger partial charge in [-0.05, 0) is 18.9 Å².